The summed E-state index contributed by atoms with van der Waals surface area (Å²) in [5, 5.41) is 1.08. The van der Waals surface area contributed by atoms with Gasteiger partial charge in [-0.1, -0.05) is 80.3 Å². The van der Waals surface area contributed by atoms with Crippen LogP contribution in [-0.2, 0) is 0 Å². The molecular formula is C14H32Si. The fraction of sp³-hybridized carbons (Fsp3) is 1.00. The highest BCUT2D eigenvalue weighted by molar-refractivity contribution is 6.85. The van der Waals surface area contributed by atoms with Crippen LogP contribution in [0.2, 0.25) is 22.2 Å². The Bertz CT molecular complexity index is 158. The molecule has 0 aromatic heterocycles. The van der Waals surface area contributed by atoms with Crippen LogP contribution in [0.4, 0.5) is 0 Å². The van der Waals surface area contributed by atoms with Gasteiger partial charge in [0.2, 0.25) is 0 Å². The largest absolute Gasteiger partial charge is 0.0656 e. The van der Waals surface area contributed by atoms with E-state index >= 15 is 0 Å². The zero-order valence-corrected chi connectivity index (χ0v) is 13.3. The van der Waals surface area contributed by atoms with Crippen LogP contribution in [0, 0.1) is 0 Å². The molecule has 0 radical (unpaired) electrons. The predicted molar refractivity (Wildman–Crippen MR) is 75.4 cm³/mol. The number of hydrogen-bond acceptors (Lipinski definition) is 0. The maximum Gasteiger partial charge on any atom is 0.0643 e. The Balaban J connectivity index is 5.28. The van der Waals surface area contributed by atoms with E-state index in [0.717, 1.165) is 0 Å². The summed E-state index contributed by atoms with van der Waals surface area (Å²) in [4.78, 5) is 0. The van der Waals surface area contributed by atoms with Gasteiger partial charge in [0.1, 0.15) is 0 Å². The lowest BCUT2D eigenvalue weighted by atomic mass is 10.2. The summed E-state index contributed by atoms with van der Waals surface area (Å²) in [7, 11) is -1.20. The lowest BCUT2D eigenvalue weighted by Gasteiger charge is -2.52. The summed E-state index contributed by atoms with van der Waals surface area (Å²) in [6.07, 6.45) is 2.72. The van der Waals surface area contributed by atoms with Gasteiger partial charge in [0, 0.05) is 0 Å². The van der Waals surface area contributed by atoms with Crippen LogP contribution in [0.25, 0.3) is 0 Å². The minimum atomic E-state index is -1.20. The van der Waals surface area contributed by atoms with Crippen molar-refractivity contribution >= 4 is 8.07 Å². The van der Waals surface area contributed by atoms with E-state index in [1.54, 1.807) is 0 Å². The van der Waals surface area contributed by atoms with Gasteiger partial charge >= 0.3 is 0 Å². The van der Waals surface area contributed by atoms with Crippen molar-refractivity contribution in [3.63, 3.8) is 0 Å². The van der Waals surface area contributed by atoms with E-state index in [2.05, 4.69) is 55.4 Å². The van der Waals surface area contributed by atoms with Crippen LogP contribution < -0.4 is 0 Å². The molecule has 0 bridgehead atoms. The van der Waals surface area contributed by atoms with Crippen molar-refractivity contribution in [1.29, 1.82) is 0 Å². The van der Waals surface area contributed by atoms with Crippen LogP contribution >= 0.6 is 0 Å². The molecule has 15 heavy (non-hydrogen) atoms. The standard InChI is InChI=1S/C14H32Si/c1-9-11-15(12-10-2,13(3,4)5)14(6,7)8/h9-12H2,1-8H3. The van der Waals surface area contributed by atoms with Crippen molar-refractivity contribution in [3.8, 4) is 0 Å². The summed E-state index contributed by atoms with van der Waals surface area (Å²) in [5.41, 5.74) is 0. The molecule has 0 nitrogen and oxygen atoms in total. The van der Waals surface area contributed by atoms with Gasteiger partial charge in [-0.3, -0.25) is 0 Å². The summed E-state index contributed by atoms with van der Waals surface area (Å²) in [5.74, 6) is 0. The van der Waals surface area contributed by atoms with Crippen molar-refractivity contribution in [3.05, 3.63) is 0 Å². The van der Waals surface area contributed by atoms with Crippen LogP contribution in [0.1, 0.15) is 68.2 Å². The van der Waals surface area contributed by atoms with Gasteiger partial charge in [-0.05, 0) is 10.1 Å². The van der Waals surface area contributed by atoms with Crippen LogP contribution in [0.15, 0.2) is 0 Å². The second kappa shape index (κ2) is 5.03. The molecule has 0 heterocycles. The number of rotatable bonds is 4. The lowest BCUT2D eigenvalue weighted by molar-refractivity contribution is 0.590. The van der Waals surface area contributed by atoms with Crippen LogP contribution in [-0.4, -0.2) is 8.07 Å². The van der Waals surface area contributed by atoms with Gasteiger partial charge in [-0.25, -0.2) is 0 Å². The molecular weight excluding hydrogens is 196 g/mol. The second-order valence-electron chi connectivity index (χ2n) is 7.08. The SMILES string of the molecule is CCC[Si](CCC)(C(C)(C)C)C(C)(C)C. The summed E-state index contributed by atoms with van der Waals surface area (Å²) in [6, 6.07) is 2.99. The molecule has 0 amide bonds. The molecule has 0 unspecified atom stereocenters. The molecule has 0 aliphatic carbocycles. The van der Waals surface area contributed by atoms with E-state index in [1.807, 2.05) is 0 Å². The molecule has 1 heteroatoms. The van der Waals surface area contributed by atoms with Gasteiger partial charge in [0.25, 0.3) is 0 Å². The highest BCUT2D eigenvalue weighted by atomic mass is 28.3. The molecule has 92 valence electrons. The first-order valence-corrected chi connectivity index (χ1v) is 9.04. The third-order valence-electron chi connectivity index (χ3n) is 4.22. The maximum atomic E-state index is 2.48. The lowest BCUT2D eigenvalue weighted by Crippen LogP contribution is -2.51. The van der Waals surface area contributed by atoms with Crippen molar-refractivity contribution < 1.29 is 0 Å². The zero-order valence-electron chi connectivity index (χ0n) is 12.3. The number of hydrogen-bond donors (Lipinski definition) is 0. The monoisotopic (exact) mass is 228 g/mol. The van der Waals surface area contributed by atoms with Crippen molar-refractivity contribution in [2.75, 3.05) is 0 Å². The van der Waals surface area contributed by atoms with Crippen LogP contribution in [0.3, 0.4) is 0 Å². The molecule has 0 rings (SSSR count). The Morgan fingerprint density at radius 2 is 0.933 bits per heavy atom. The van der Waals surface area contributed by atoms with Gasteiger partial charge in [-0.15, -0.1) is 0 Å². The Morgan fingerprint density at radius 1 is 0.667 bits per heavy atom. The minimum absolute atomic E-state index is 0.539. The Hall–Kier alpha value is 0.217. The third kappa shape index (κ3) is 3.09. The van der Waals surface area contributed by atoms with Crippen molar-refractivity contribution in [2.45, 2.75) is 90.4 Å². The Kier molecular flexibility index (Phi) is 5.10. The van der Waals surface area contributed by atoms with E-state index in [-0.39, 0.29) is 0 Å². The molecule has 0 atom stereocenters. The van der Waals surface area contributed by atoms with Crippen molar-refractivity contribution in [1.82, 2.24) is 0 Å². The van der Waals surface area contributed by atoms with Gasteiger partial charge < -0.3 is 0 Å². The highest BCUT2D eigenvalue weighted by Gasteiger charge is 2.50. The van der Waals surface area contributed by atoms with E-state index in [0.29, 0.717) is 10.1 Å². The van der Waals surface area contributed by atoms with E-state index in [9.17, 15) is 0 Å². The van der Waals surface area contributed by atoms with Gasteiger partial charge in [0.05, 0.1) is 8.07 Å². The van der Waals surface area contributed by atoms with Crippen LogP contribution in [0.5, 0.6) is 0 Å². The first-order valence-electron chi connectivity index (χ1n) is 6.62. The smallest absolute Gasteiger partial charge is 0.0643 e. The van der Waals surface area contributed by atoms with E-state index in [1.165, 1.54) is 24.9 Å². The molecule has 0 aromatic rings. The maximum absolute atomic E-state index is 2.48. The highest BCUT2D eigenvalue weighted by Crippen LogP contribution is 2.56. The summed E-state index contributed by atoms with van der Waals surface area (Å²) >= 11 is 0. The quantitative estimate of drug-likeness (QED) is 0.529. The Labute approximate surface area is 98.9 Å². The van der Waals surface area contributed by atoms with E-state index < -0.39 is 8.07 Å². The average molecular weight is 228 g/mol. The minimum Gasteiger partial charge on any atom is -0.0656 e. The average Bonchev–Trinajstić information content (AvgIpc) is 1.99. The van der Waals surface area contributed by atoms with E-state index in [4.69, 9.17) is 0 Å². The molecule has 0 fully saturated rings. The normalized spacial score (nSPS) is 14.4. The zero-order chi connectivity index (χ0) is 12.3. The fourth-order valence-electron chi connectivity index (χ4n) is 3.60. The predicted octanol–water partition coefficient (Wildman–Crippen LogP) is 5.86. The Morgan fingerprint density at radius 3 is 1.07 bits per heavy atom. The molecule has 0 N–H and O–H groups in total. The molecule has 0 spiro atoms. The first-order chi connectivity index (χ1) is 6.62. The second-order valence-corrected chi connectivity index (χ2v) is 13.2. The topological polar surface area (TPSA) is 0 Å². The molecule has 0 saturated carbocycles. The summed E-state index contributed by atoms with van der Waals surface area (Å²) < 4.78 is 0. The summed E-state index contributed by atoms with van der Waals surface area (Å²) in [6.45, 7) is 19.6. The molecule has 0 saturated heterocycles. The third-order valence-corrected chi connectivity index (χ3v) is 12.7. The molecule has 0 aromatic carbocycles. The van der Waals surface area contributed by atoms with Crippen molar-refractivity contribution in [2.24, 2.45) is 0 Å². The molecule has 0 aliphatic rings. The first kappa shape index (κ1) is 15.2. The fourth-order valence-corrected chi connectivity index (χ4v) is 10.8. The molecule has 0 aliphatic heterocycles. The van der Waals surface area contributed by atoms with Gasteiger partial charge in [0.15, 0.2) is 0 Å². The van der Waals surface area contributed by atoms with Gasteiger partial charge in [-0.2, -0.15) is 0 Å².